The second-order valence-electron chi connectivity index (χ2n) is 8.66. The first-order valence-corrected chi connectivity index (χ1v) is 10.3. The summed E-state index contributed by atoms with van der Waals surface area (Å²) in [6.45, 7) is 8.96. The summed E-state index contributed by atoms with van der Waals surface area (Å²) in [4.78, 5) is 7.06. The fourth-order valence-electron chi connectivity index (χ4n) is 3.85. The minimum Gasteiger partial charge on any atom is -0.356 e. The van der Waals surface area contributed by atoms with Crippen molar-refractivity contribution in [1.29, 1.82) is 0 Å². The van der Waals surface area contributed by atoms with Gasteiger partial charge < -0.3 is 15.5 Å². The molecule has 3 rings (SSSR count). The zero-order chi connectivity index (χ0) is 18.6. The van der Waals surface area contributed by atoms with E-state index in [1.165, 1.54) is 37.9 Å². The van der Waals surface area contributed by atoms with Crippen LogP contribution in [0.1, 0.15) is 38.7 Å². The largest absolute Gasteiger partial charge is 0.356 e. The fraction of sp³-hybridized carbons (Fsp3) is 0.667. The molecule has 1 saturated carbocycles. The number of rotatable bonds is 7. The Kier molecular flexibility index (Phi) is 6.46. The van der Waals surface area contributed by atoms with Gasteiger partial charge >= 0.3 is 0 Å². The Hall–Kier alpha value is -1.26. The average Bonchev–Trinajstić information content (AvgIpc) is 3.33. The molecule has 1 unspecified atom stereocenters. The molecule has 2 fully saturated rings. The molecule has 0 spiro atoms. The van der Waals surface area contributed by atoms with Crippen LogP contribution in [0.4, 0.5) is 0 Å². The van der Waals surface area contributed by atoms with Crippen LogP contribution in [0.2, 0.25) is 5.02 Å². The van der Waals surface area contributed by atoms with Gasteiger partial charge in [0.2, 0.25) is 0 Å². The van der Waals surface area contributed by atoms with Crippen LogP contribution < -0.4 is 10.6 Å². The van der Waals surface area contributed by atoms with Gasteiger partial charge in [-0.1, -0.05) is 37.6 Å². The van der Waals surface area contributed by atoms with E-state index in [9.17, 15) is 0 Å². The number of nitrogens with zero attached hydrogens (tertiary/aromatic N) is 2. The quantitative estimate of drug-likeness (QED) is 0.564. The van der Waals surface area contributed by atoms with Crippen molar-refractivity contribution in [3.63, 3.8) is 0 Å². The van der Waals surface area contributed by atoms with Gasteiger partial charge in [-0.05, 0) is 61.3 Å². The van der Waals surface area contributed by atoms with Crippen molar-refractivity contribution < 1.29 is 0 Å². The first kappa shape index (κ1) is 19.5. The lowest BCUT2D eigenvalue weighted by Gasteiger charge is -2.26. The summed E-state index contributed by atoms with van der Waals surface area (Å²) in [5.41, 5.74) is 1.40. The van der Waals surface area contributed by atoms with E-state index in [4.69, 9.17) is 11.6 Å². The lowest BCUT2D eigenvalue weighted by Crippen LogP contribution is -2.44. The van der Waals surface area contributed by atoms with Crippen LogP contribution in [0.25, 0.3) is 0 Å². The van der Waals surface area contributed by atoms with Gasteiger partial charge in [0.15, 0.2) is 5.96 Å². The molecule has 0 bridgehead atoms. The number of halogens is 1. The Labute approximate surface area is 163 Å². The predicted molar refractivity (Wildman–Crippen MR) is 111 cm³/mol. The van der Waals surface area contributed by atoms with Crippen molar-refractivity contribution in [3.05, 3.63) is 34.9 Å². The predicted octanol–water partition coefficient (Wildman–Crippen LogP) is 3.56. The van der Waals surface area contributed by atoms with Crippen molar-refractivity contribution in [1.82, 2.24) is 15.5 Å². The zero-order valence-electron chi connectivity index (χ0n) is 16.4. The number of nitrogens with one attached hydrogen (secondary N) is 2. The summed E-state index contributed by atoms with van der Waals surface area (Å²) in [5, 5.41) is 7.84. The molecule has 1 aliphatic heterocycles. The first-order valence-electron chi connectivity index (χ1n) is 9.88. The maximum absolute atomic E-state index is 6.11. The van der Waals surface area contributed by atoms with E-state index in [1.54, 1.807) is 0 Å². The summed E-state index contributed by atoms with van der Waals surface area (Å²) in [6, 6.07) is 9.04. The molecule has 2 N–H and O–H groups in total. The third-order valence-electron chi connectivity index (χ3n) is 5.47. The summed E-state index contributed by atoms with van der Waals surface area (Å²) in [5.74, 6) is 1.66. The fourth-order valence-corrected chi connectivity index (χ4v) is 4.06. The summed E-state index contributed by atoms with van der Waals surface area (Å²) in [7, 11) is 1.85. The van der Waals surface area contributed by atoms with Gasteiger partial charge in [-0.3, -0.25) is 4.99 Å². The Balaban J connectivity index is 1.41. The van der Waals surface area contributed by atoms with Gasteiger partial charge in [0.05, 0.1) is 0 Å². The molecule has 5 heteroatoms. The summed E-state index contributed by atoms with van der Waals surface area (Å²) >= 11 is 6.11. The van der Waals surface area contributed by atoms with Gasteiger partial charge in [0.25, 0.3) is 0 Å². The van der Waals surface area contributed by atoms with Gasteiger partial charge in [0, 0.05) is 37.7 Å². The maximum Gasteiger partial charge on any atom is 0.191 e. The van der Waals surface area contributed by atoms with Crippen LogP contribution >= 0.6 is 11.6 Å². The van der Waals surface area contributed by atoms with E-state index in [0.717, 1.165) is 42.5 Å². The van der Waals surface area contributed by atoms with Crippen molar-refractivity contribution in [2.45, 2.75) is 45.6 Å². The molecule has 0 radical (unpaired) electrons. The van der Waals surface area contributed by atoms with Crippen molar-refractivity contribution >= 4 is 17.6 Å². The summed E-state index contributed by atoms with van der Waals surface area (Å²) in [6.07, 6.45) is 5.10. The second-order valence-corrected chi connectivity index (χ2v) is 9.09. The number of hydrogen-bond acceptors (Lipinski definition) is 2. The molecule has 26 heavy (non-hydrogen) atoms. The highest BCUT2D eigenvalue weighted by molar-refractivity contribution is 6.30. The standard InChI is InChI=1S/C21H33ClN4/c1-21(2,12-16-5-4-6-18(22)11-16)15-25-20(23-3)24-13-17-9-10-26(14-17)19-7-8-19/h4-6,11,17,19H,7-10,12-15H2,1-3H3,(H2,23,24,25). The number of benzene rings is 1. The van der Waals surface area contributed by atoms with E-state index in [0.29, 0.717) is 0 Å². The molecular formula is C21H33ClN4. The molecule has 1 atom stereocenters. The van der Waals surface area contributed by atoms with Crippen molar-refractivity contribution in [2.75, 3.05) is 33.2 Å². The van der Waals surface area contributed by atoms with Crippen LogP contribution in [0.15, 0.2) is 29.3 Å². The zero-order valence-corrected chi connectivity index (χ0v) is 17.1. The number of hydrogen-bond donors (Lipinski definition) is 2. The van der Waals surface area contributed by atoms with Crippen LogP contribution in [0.3, 0.4) is 0 Å². The lowest BCUT2D eigenvalue weighted by molar-refractivity contribution is 0.313. The Morgan fingerprint density at radius 3 is 2.77 bits per heavy atom. The van der Waals surface area contributed by atoms with Crippen LogP contribution in [0.5, 0.6) is 0 Å². The van der Waals surface area contributed by atoms with E-state index >= 15 is 0 Å². The molecule has 0 amide bonds. The Morgan fingerprint density at radius 1 is 1.27 bits per heavy atom. The Bertz CT molecular complexity index is 624. The average molecular weight is 377 g/mol. The molecule has 1 aromatic rings. The molecular weight excluding hydrogens is 344 g/mol. The van der Waals surface area contributed by atoms with E-state index in [-0.39, 0.29) is 5.41 Å². The van der Waals surface area contributed by atoms with Gasteiger partial charge in [0.1, 0.15) is 0 Å². The van der Waals surface area contributed by atoms with Gasteiger partial charge in [-0.25, -0.2) is 0 Å². The van der Waals surface area contributed by atoms with Crippen LogP contribution in [-0.4, -0.2) is 50.1 Å². The number of likely N-dealkylation sites (tertiary alicyclic amines) is 1. The van der Waals surface area contributed by atoms with E-state index in [1.807, 2.05) is 19.2 Å². The van der Waals surface area contributed by atoms with E-state index < -0.39 is 0 Å². The van der Waals surface area contributed by atoms with Gasteiger partial charge in [-0.15, -0.1) is 0 Å². The van der Waals surface area contributed by atoms with Crippen LogP contribution in [0, 0.1) is 11.3 Å². The molecule has 1 aromatic carbocycles. The Morgan fingerprint density at radius 2 is 2.08 bits per heavy atom. The van der Waals surface area contributed by atoms with Crippen molar-refractivity contribution in [3.8, 4) is 0 Å². The van der Waals surface area contributed by atoms with E-state index in [2.05, 4.69) is 46.5 Å². The highest BCUT2D eigenvalue weighted by atomic mass is 35.5. The smallest absolute Gasteiger partial charge is 0.191 e. The molecule has 2 aliphatic rings. The third-order valence-corrected chi connectivity index (χ3v) is 5.70. The third kappa shape index (κ3) is 5.88. The highest BCUT2D eigenvalue weighted by Crippen LogP contribution is 2.31. The number of aliphatic imine (C=N–C) groups is 1. The van der Waals surface area contributed by atoms with Crippen molar-refractivity contribution in [2.24, 2.45) is 16.3 Å². The molecule has 144 valence electrons. The SMILES string of the molecule is CN=C(NCC1CCN(C2CC2)C1)NCC(C)(C)Cc1cccc(Cl)c1. The molecule has 1 aliphatic carbocycles. The molecule has 4 nitrogen and oxygen atoms in total. The number of guanidine groups is 1. The summed E-state index contributed by atoms with van der Waals surface area (Å²) < 4.78 is 0. The first-order chi connectivity index (χ1) is 12.4. The minimum absolute atomic E-state index is 0.123. The topological polar surface area (TPSA) is 39.7 Å². The molecule has 0 aromatic heterocycles. The normalized spacial score (nSPS) is 21.8. The molecule has 1 heterocycles. The maximum atomic E-state index is 6.11. The minimum atomic E-state index is 0.123. The van der Waals surface area contributed by atoms with Gasteiger partial charge in [-0.2, -0.15) is 0 Å². The van der Waals surface area contributed by atoms with Crippen LogP contribution in [-0.2, 0) is 6.42 Å². The monoisotopic (exact) mass is 376 g/mol. The highest BCUT2D eigenvalue weighted by Gasteiger charge is 2.34. The second kappa shape index (κ2) is 8.62. The lowest BCUT2D eigenvalue weighted by atomic mass is 9.86. The molecule has 1 saturated heterocycles.